The Labute approximate surface area is 69.6 Å². The fourth-order valence-electron chi connectivity index (χ4n) is 0.849. The van der Waals surface area contributed by atoms with Gasteiger partial charge in [0, 0.05) is 5.69 Å². The first-order chi connectivity index (χ1) is 4.61. The van der Waals surface area contributed by atoms with E-state index in [9.17, 15) is 0 Å². The lowest BCUT2D eigenvalue weighted by Gasteiger charge is -2.02. The summed E-state index contributed by atoms with van der Waals surface area (Å²) in [6.07, 6.45) is 0. The number of aromatic nitrogens is 1. The van der Waals surface area contributed by atoms with E-state index in [-0.39, 0.29) is 0 Å². The van der Waals surface area contributed by atoms with E-state index in [1.807, 2.05) is 13.0 Å². The summed E-state index contributed by atoms with van der Waals surface area (Å²) in [5.74, 6) is 0. The third kappa shape index (κ3) is 1.37. The number of pyridine rings is 1. The van der Waals surface area contributed by atoms with Crippen LogP contribution in [-0.2, 0) is 0 Å². The lowest BCUT2D eigenvalue weighted by molar-refractivity contribution is 1.09. The molecule has 0 atom stereocenters. The van der Waals surface area contributed by atoms with Crippen molar-refractivity contribution in [2.24, 2.45) is 0 Å². The lowest BCUT2D eigenvalue weighted by atomic mass is 10.1. The van der Waals surface area contributed by atoms with Crippen molar-refractivity contribution in [1.29, 1.82) is 0 Å². The number of hydrogen-bond acceptors (Lipinski definition) is 1. The van der Waals surface area contributed by atoms with Gasteiger partial charge in [-0.15, -0.1) is 0 Å². The van der Waals surface area contributed by atoms with E-state index in [4.69, 9.17) is 0 Å². The highest BCUT2D eigenvalue weighted by Gasteiger charge is 1.98. The molecule has 0 saturated heterocycles. The van der Waals surface area contributed by atoms with E-state index in [0.29, 0.717) is 0 Å². The zero-order valence-corrected chi connectivity index (χ0v) is 7.99. The minimum atomic E-state index is 0.924. The highest BCUT2D eigenvalue weighted by atomic mass is 79.9. The Morgan fingerprint density at radius 1 is 1.30 bits per heavy atom. The maximum Gasteiger partial charge on any atom is 0.106 e. The van der Waals surface area contributed by atoms with Crippen molar-refractivity contribution in [3.63, 3.8) is 0 Å². The van der Waals surface area contributed by atoms with E-state index in [2.05, 4.69) is 34.8 Å². The monoisotopic (exact) mass is 199 g/mol. The Morgan fingerprint density at radius 3 is 2.40 bits per heavy atom. The third-order valence-corrected chi connectivity index (χ3v) is 2.15. The molecule has 1 heterocycles. The minimum Gasteiger partial charge on any atom is -0.246 e. The molecule has 0 fully saturated rings. The summed E-state index contributed by atoms with van der Waals surface area (Å²) >= 11 is 3.34. The van der Waals surface area contributed by atoms with Crippen LogP contribution in [0.1, 0.15) is 16.8 Å². The summed E-state index contributed by atoms with van der Waals surface area (Å²) in [7, 11) is 0. The second-order valence-electron chi connectivity index (χ2n) is 2.47. The number of nitrogens with zero attached hydrogens (tertiary/aromatic N) is 1. The van der Waals surface area contributed by atoms with E-state index in [1.165, 1.54) is 11.1 Å². The van der Waals surface area contributed by atoms with Gasteiger partial charge in [0.25, 0.3) is 0 Å². The summed E-state index contributed by atoms with van der Waals surface area (Å²) in [6, 6.07) is 2.03. The molecular weight excluding hydrogens is 190 g/mol. The van der Waals surface area contributed by atoms with Gasteiger partial charge >= 0.3 is 0 Å². The average Bonchev–Trinajstić information content (AvgIpc) is 1.82. The van der Waals surface area contributed by atoms with Crippen LogP contribution in [0.2, 0.25) is 0 Å². The molecule has 0 bridgehead atoms. The SMILES string of the molecule is Cc1cc(Br)nc(C)c1C. The largest absolute Gasteiger partial charge is 0.246 e. The summed E-state index contributed by atoms with van der Waals surface area (Å²) in [4.78, 5) is 4.25. The molecule has 54 valence electrons. The van der Waals surface area contributed by atoms with Crippen molar-refractivity contribution in [3.8, 4) is 0 Å². The van der Waals surface area contributed by atoms with E-state index < -0.39 is 0 Å². The third-order valence-electron chi connectivity index (χ3n) is 1.74. The van der Waals surface area contributed by atoms with Crippen molar-refractivity contribution in [1.82, 2.24) is 4.98 Å². The van der Waals surface area contributed by atoms with Crippen molar-refractivity contribution in [3.05, 3.63) is 27.5 Å². The Bertz CT molecular complexity index is 232. The molecule has 0 saturated carbocycles. The summed E-state index contributed by atoms with van der Waals surface area (Å²) in [6.45, 7) is 6.20. The molecule has 0 radical (unpaired) electrons. The second-order valence-corrected chi connectivity index (χ2v) is 3.28. The maximum atomic E-state index is 4.25. The van der Waals surface area contributed by atoms with Gasteiger partial charge in [-0.05, 0) is 53.9 Å². The molecule has 1 rings (SSSR count). The average molecular weight is 200 g/mol. The minimum absolute atomic E-state index is 0.924. The molecule has 1 nitrogen and oxygen atoms in total. The zero-order chi connectivity index (χ0) is 7.72. The molecule has 2 heteroatoms. The van der Waals surface area contributed by atoms with Gasteiger partial charge in [0.1, 0.15) is 4.60 Å². The van der Waals surface area contributed by atoms with Gasteiger partial charge in [0.2, 0.25) is 0 Å². The quantitative estimate of drug-likeness (QED) is 0.586. The first-order valence-corrected chi connectivity index (χ1v) is 4.01. The van der Waals surface area contributed by atoms with Crippen LogP contribution in [0.3, 0.4) is 0 Å². The molecule has 0 aromatic carbocycles. The first-order valence-electron chi connectivity index (χ1n) is 3.21. The smallest absolute Gasteiger partial charge is 0.106 e. The van der Waals surface area contributed by atoms with Crippen molar-refractivity contribution in [2.75, 3.05) is 0 Å². The Balaban J connectivity index is 3.31. The number of rotatable bonds is 0. The number of aryl methyl sites for hydroxylation is 2. The summed E-state index contributed by atoms with van der Waals surface area (Å²) in [5, 5.41) is 0. The molecule has 0 aliphatic rings. The van der Waals surface area contributed by atoms with Crippen LogP contribution in [0.4, 0.5) is 0 Å². The van der Waals surface area contributed by atoms with Crippen LogP contribution in [0.25, 0.3) is 0 Å². The topological polar surface area (TPSA) is 12.9 Å². The Kier molecular flexibility index (Phi) is 2.09. The van der Waals surface area contributed by atoms with Gasteiger partial charge in [-0.25, -0.2) is 4.98 Å². The number of hydrogen-bond donors (Lipinski definition) is 0. The fourth-order valence-corrected chi connectivity index (χ4v) is 1.46. The molecule has 0 spiro atoms. The highest BCUT2D eigenvalue weighted by molar-refractivity contribution is 9.10. The van der Waals surface area contributed by atoms with Crippen LogP contribution in [0.5, 0.6) is 0 Å². The number of halogens is 1. The van der Waals surface area contributed by atoms with Crippen molar-refractivity contribution < 1.29 is 0 Å². The standard InChI is InChI=1S/C8H10BrN/c1-5-4-8(9)10-7(3)6(5)2/h4H,1-3H3. The van der Waals surface area contributed by atoms with Gasteiger partial charge in [-0.2, -0.15) is 0 Å². The molecule has 10 heavy (non-hydrogen) atoms. The summed E-state index contributed by atoms with van der Waals surface area (Å²) < 4.78 is 0.924. The molecule has 0 amide bonds. The van der Waals surface area contributed by atoms with Gasteiger partial charge in [0.05, 0.1) is 0 Å². The fraction of sp³-hybridized carbons (Fsp3) is 0.375. The lowest BCUT2D eigenvalue weighted by Crippen LogP contribution is -1.90. The van der Waals surface area contributed by atoms with Gasteiger partial charge in [-0.3, -0.25) is 0 Å². The predicted octanol–water partition coefficient (Wildman–Crippen LogP) is 2.77. The van der Waals surface area contributed by atoms with Gasteiger partial charge in [-0.1, -0.05) is 0 Å². The first kappa shape index (κ1) is 7.73. The zero-order valence-electron chi connectivity index (χ0n) is 6.40. The van der Waals surface area contributed by atoms with Crippen LogP contribution in [-0.4, -0.2) is 4.98 Å². The normalized spacial score (nSPS) is 10.0. The molecule has 0 unspecified atom stereocenters. The van der Waals surface area contributed by atoms with Crippen LogP contribution >= 0.6 is 15.9 Å². The van der Waals surface area contributed by atoms with E-state index in [1.54, 1.807) is 0 Å². The second kappa shape index (κ2) is 2.70. The Hall–Kier alpha value is -0.370. The molecule has 0 N–H and O–H groups in total. The Morgan fingerprint density at radius 2 is 1.90 bits per heavy atom. The van der Waals surface area contributed by atoms with Crippen LogP contribution < -0.4 is 0 Å². The molecule has 0 aliphatic carbocycles. The highest BCUT2D eigenvalue weighted by Crippen LogP contribution is 2.14. The summed E-state index contributed by atoms with van der Waals surface area (Å²) in [5.41, 5.74) is 3.68. The van der Waals surface area contributed by atoms with Crippen LogP contribution in [0.15, 0.2) is 10.7 Å². The van der Waals surface area contributed by atoms with E-state index >= 15 is 0 Å². The molecule has 1 aromatic rings. The van der Waals surface area contributed by atoms with Crippen molar-refractivity contribution in [2.45, 2.75) is 20.8 Å². The maximum absolute atomic E-state index is 4.25. The molecular formula is C8H10BrN. The van der Waals surface area contributed by atoms with Crippen molar-refractivity contribution >= 4 is 15.9 Å². The van der Waals surface area contributed by atoms with Gasteiger partial charge in [0.15, 0.2) is 0 Å². The molecule has 0 aliphatic heterocycles. The predicted molar refractivity (Wildman–Crippen MR) is 46.1 cm³/mol. The molecule has 1 aromatic heterocycles. The van der Waals surface area contributed by atoms with Gasteiger partial charge < -0.3 is 0 Å². The van der Waals surface area contributed by atoms with E-state index in [0.717, 1.165) is 10.3 Å². The van der Waals surface area contributed by atoms with Crippen LogP contribution in [0, 0.1) is 20.8 Å².